The van der Waals surface area contributed by atoms with Gasteiger partial charge in [0, 0.05) is 24.5 Å². The monoisotopic (exact) mass is 490 g/mol. The Balaban J connectivity index is 1.56. The Bertz CT molecular complexity index is 1270. The second-order valence-electron chi connectivity index (χ2n) is 11.2. The number of carbonyl (C=O) groups excluding carboxylic acids is 2. The number of hydrogen-bond acceptors (Lipinski definition) is 5. The average Bonchev–Trinajstić information content (AvgIpc) is 3.17. The smallest absolute Gasteiger partial charge is 0.256 e. The maximum atomic E-state index is 13.5. The molecule has 3 heterocycles. The number of nitrogens with zero attached hydrogens (tertiary/aromatic N) is 4. The molecular formula is C28H38N6O2. The molecule has 1 aliphatic heterocycles. The summed E-state index contributed by atoms with van der Waals surface area (Å²) in [6.07, 6.45) is 1.84. The number of likely N-dealkylation sites (tertiary alicyclic amines) is 1. The molecule has 1 aromatic carbocycles. The third-order valence-electron chi connectivity index (χ3n) is 6.83. The summed E-state index contributed by atoms with van der Waals surface area (Å²) in [5.74, 6) is -0.287. The molecule has 8 heteroatoms. The van der Waals surface area contributed by atoms with Crippen molar-refractivity contribution in [3.63, 3.8) is 0 Å². The van der Waals surface area contributed by atoms with E-state index in [4.69, 9.17) is 15.8 Å². The number of fused-ring (bicyclic) bond motifs is 1. The first-order valence-corrected chi connectivity index (χ1v) is 12.8. The maximum absolute atomic E-state index is 13.5. The van der Waals surface area contributed by atoms with Gasteiger partial charge in [0.1, 0.15) is 0 Å². The predicted molar refractivity (Wildman–Crippen MR) is 143 cm³/mol. The van der Waals surface area contributed by atoms with Crippen LogP contribution in [0.4, 0.5) is 5.69 Å². The molecule has 1 aliphatic rings. The van der Waals surface area contributed by atoms with Crippen LogP contribution in [0.15, 0.2) is 30.3 Å². The van der Waals surface area contributed by atoms with Gasteiger partial charge in [-0.15, -0.1) is 0 Å². The van der Waals surface area contributed by atoms with Gasteiger partial charge in [0.25, 0.3) is 5.91 Å². The van der Waals surface area contributed by atoms with Crippen LogP contribution >= 0.6 is 0 Å². The Labute approximate surface area is 213 Å². The SMILES string of the molecule is Cc1nn(C(C)(C)C)c2nc(C(C)C)cc(C(=O)Nc3ccc(CN4CCCC(C(N)=O)C4)cc3)c12. The summed E-state index contributed by atoms with van der Waals surface area (Å²) in [6.45, 7) is 14.7. The van der Waals surface area contributed by atoms with Crippen LogP contribution in [0.3, 0.4) is 0 Å². The molecule has 8 nitrogen and oxygen atoms in total. The number of pyridine rings is 1. The lowest BCUT2D eigenvalue weighted by Crippen LogP contribution is -2.40. The summed E-state index contributed by atoms with van der Waals surface area (Å²) < 4.78 is 1.92. The number of benzene rings is 1. The summed E-state index contributed by atoms with van der Waals surface area (Å²) in [5.41, 5.74) is 10.1. The number of nitrogens with one attached hydrogen (secondary N) is 1. The van der Waals surface area contributed by atoms with Crippen molar-refractivity contribution in [3.8, 4) is 0 Å². The minimum Gasteiger partial charge on any atom is -0.369 e. The molecule has 2 aromatic heterocycles. The Kier molecular flexibility index (Phi) is 7.18. The van der Waals surface area contributed by atoms with E-state index in [0.29, 0.717) is 12.1 Å². The molecule has 4 rings (SSSR count). The summed E-state index contributed by atoms with van der Waals surface area (Å²) in [5, 5.41) is 8.59. The van der Waals surface area contributed by atoms with Gasteiger partial charge in [0.15, 0.2) is 5.65 Å². The van der Waals surface area contributed by atoms with Gasteiger partial charge >= 0.3 is 0 Å². The van der Waals surface area contributed by atoms with Crippen molar-refractivity contribution in [1.82, 2.24) is 19.7 Å². The number of amides is 2. The van der Waals surface area contributed by atoms with Crippen LogP contribution in [-0.4, -0.2) is 44.6 Å². The van der Waals surface area contributed by atoms with Crippen LogP contribution in [0.5, 0.6) is 0 Å². The molecule has 1 fully saturated rings. The van der Waals surface area contributed by atoms with E-state index in [1.807, 2.05) is 41.9 Å². The molecule has 0 radical (unpaired) electrons. The van der Waals surface area contributed by atoms with E-state index in [0.717, 1.165) is 59.6 Å². The van der Waals surface area contributed by atoms with E-state index in [1.165, 1.54) is 0 Å². The van der Waals surface area contributed by atoms with Crippen molar-refractivity contribution < 1.29 is 9.59 Å². The first-order valence-electron chi connectivity index (χ1n) is 12.8. The van der Waals surface area contributed by atoms with Crippen molar-refractivity contribution in [2.24, 2.45) is 11.7 Å². The molecular weight excluding hydrogens is 452 g/mol. The van der Waals surface area contributed by atoms with Gasteiger partial charge in [0.05, 0.1) is 28.1 Å². The molecule has 1 atom stereocenters. The number of aryl methyl sites for hydroxylation is 1. The van der Waals surface area contributed by atoms with Crippen molar-refractivity contribution in [2.75, 3.05) is 18.4 Å². The zero-order valence-electron chi connectivity index (χ0n) is 22.3. The number of nitrogens with two attached hydrogens (primary N) is 1. The van der Waals surface area contributed by atoms with E-state index in [2.05, 4.69) is 44.8 Å². The summed E-state index contributed by atoms with van der Waals surface area (Å²) in [7, 11) is 0. The van der Waals surface area contributed by atoms with Crippen LogP contribution in [0, 0.1) is 12.8 Å². The Morgan fingerprint density at radius 1 is 1.19 bits per heavy atom. The van der Waals surface area contributed by atoms with Gasteiger partial charge < -0.3 is 11.1 Å². The third-order valence-corrected chi connectivity index (χ3v) is 6.83. The van der Waals surface area contributed by atoms with E-state index in [9.17, 15) is 9.59 Å². The van der Waals surface area contributed by atoms with Gasteiger partial charge in [-0.3, -0.25) is 14.5 Å². The van der Waals surface area contributed by atoms with Crippen LogP contribution in [0.1, 0.15) is 80.7 Å². The fourth-order valence-corrected chi connectivity index (χ4v) is 4.83. The van der Waals surface area contributed by atoms with E-state index in [-0.39, 0.29) is 29.2 Å². The van der Waals surface area contributed by atoms with Crippen molar-refractivity contribution in [2.45, 2.75) is 72.4 Å². The summed E-state index contributed by atoms with van der Waals surface area (Å²) >= 11 is 0. The van der Waals surface area contributed by atoms with E-state index in [1.54, 1.807) is 0 Å². The quantitative estimate of drug-likeness (QED) is 0.527. The molecule has 1 unspecified atom stereocenters. The molecule has 0 spiro atoms. The highest BCUT2D eigenvalue weighted by molar-refractivity contribution is 6.12. The number of rotatable bonds is 6. The average molecular weight is 491 g/mol. The van der Waals surface area contributed by atoms with Gasteiger partial charge in [-0.05, 0) is 76.8 Å². The van der Waals surface area contributed by atoms with Crippen LogP contribution in [-0.2, 0) is 16.9 Å². The Morgan fingerprint density at radius 2 is 1.89 bits per heavy atom. The van der Waals surface area contributed by atoms with Crippen LogP contribution in [0.2, 0.25) is 0 Å². The number of primary amides is 1. The number of carbonyl (C=O) groups is 2. The van der Waals surface area contributed by atoms with Crippen molar-refractivity contribution in [1.29, 1.82) is 0 Å². The molecule has 3 aromatic rings. The minimum atomic E-state index is -0.259. The molecule has 0 saturated carbocycles. The van der Waals surface area contributed by atoms with E-state index < -0.39 is 0 Å². The van der Waals surface area contributed by atoms with Crippen molar-refractivity contribution in [3.05, 3.63) is 52.8 Å². The van der Waals surface area contributed by atoms with Crippen LogP contribution in [0.25, 0.3) is 11.0 Å². The molecule has 36 heavy (non-hydrogen) atoms. The second-order valence-corrected chi connectivity index (χ2v) is 11.2. The third kappa shape index (κ3) is 5.43. The molecule has 2 amide bonds. The normalized spacial score (nSPS) is 17.0. The Morgan fingerprint density at radius 3 is 2.50 bits per heavy atom. The van der Waals surface area contributed by atoms with Gasteiger partial charge in [-0.1, -0.05) is 26.0 Å². The fourth-order valence-electron chi connectivity index (χ4n) is 4.83. The number of aromatic nitrogens is 3. The zero-order valence-corrected chi connectivity index (χ0v) is 22.3. The minimum absolute atomic E-state index is 0.0728. The van der Waals surface area contributed by atoms with Crippen LogP contribution < -0.4 is 11.1 Å². The van der Waals surface area contributed by atoms with Crippen molar-refractivity contribution >= 4 is 28.5 Å². The lowest BCUT2D eigenvalue weighted by atomic mass is 9.97. The van der Waals surface area contributed by atoms with E-state index >= 15 is 0 Å². The van der Waals surface area contributed by atoms with Gasteiger partial charge in [0.2, 0.25) is 5.91 Å². The fraction of sp³-hybridized carbons (Fsp3) is 0.500. The number of anilines is 1. The number of piperidine rings is 1. The lowest BCUT2D eigenvalue weighted by Gasteiger charge is -2.31. The zero-order chi connectivity index (χ0) is 26.2. The first-order chi connectivity index (χ1) is 16.9. The standard InChI is InChI=1S/C28H38N6O2/c1-17(2)23-14-22(24-18(3)32-34(26(24)31-23)28(4,5)6)27(36)30-21-11-9-19(10-12-21)15-33-13-7-8-20(16-33)25(29)35/h9-12,14,17,20H,7-8,13,15-16H2,1-6H3,(H2,29,35)(H,30,36). The summed E-state index contributed by atoms with van der Waals surface area (Å²) in [4.78, 5) is 32.2. The number of hydrogen-bond donors (Lipinski definition) is 2. The topological polar surface area (TPSA) is 106 Å². The maximum Gasteiger partial charge on any atom is 0.256 e. The molecule has 3 N–H and O–H groups in total. The first kappa shape index (κ1) is 25.8. The second kappa shape index (κ2) is 10.0. The highest BCUT2D eigenvalue weighted by Crippen LogP contribution is 2.29. The Hall–Kier alpha value is -3.26. The van der Waals surface area contributed by atoms with Gasteiger partial charge in [-0.2, -0.15) is 5.10 Å². The highest BCUT2D eigenvalue weighted by atomic mass is 16.2. The lowest BCUT2D eigenvalue weighted by molar-refractivity contribution is -0.123. The van der Waals surface area contributed by atoms with Gasteiger partial charge in [-0.25, -0.2) is 9.67 Å². The molecule has 192 valence electrons. The highest BCUT2D eigenvalue weighted by Gasteiger charge is 2.26. The predicted octanol–water partition coefficient (Wildman–Crippen LogP) is 4.57. The molecule has 0 aliphatic carbocycles. The largest absolute Gasteiger partial charge is 0.369 e. The summed E-state index contributed by atoms with van der Waals surface area (Å²) in [6, 6.07) is 9.79. The molecule has 1 saturated heterocycles. The molecule has 0 bridgehead atoms.